The molecule has 1 aromatic rings. The van der Waals surface area contributed by atoms with E-state index >= 15 is 0 Å². The summed E-state index contributed by atoms with van der Waals surface area (Å²) in [5.74, 6) is 0. The maximum atomic E-state index is 3.67. The third-order valence-corrected chi connectivity index (χ3v) is 0.478. The second-order valence-corrected chi connectivity index (χ2v) is 3.90. The summed E-state index contributed by atoms with van der Waals surface area (Å²) in [6.45, 7) is 8.75. The molecule has 0 amide bonds. The van der Waals surface area contributed by atoms with Gasteiger partial charge in [-0.1, -0.05) is 35.1 Å². The van der Waals surface area contributed by atoms with E-state index in [2.05, 4.69) is 37.7 Å². The molecule has 2 nitrogen and oxygen atoms in total. The van der Waals surface area contributed by atoms with E-state index in [1.165, 1.54) is 6.33 Å². The maximum absolute atomic E-state index is 3.67. The van der Waals surface area contributed by atoms with Crippen molar-refractivity contribution in [2.24, 2.45) is 5.41 Å². The van der Waals surface area contributed by atoms with Crippen LogP contribution >= 0.6 is 0 Å². The Hall–Kier alpha value is -0.920. The van der Waals surface area contributed by atoms with Crippen molar-refractivity contribution in [3.05, 3.63) is 24.8 Å². The SMILES string of the molecule is C.CC(C)(C)C.c1cncnc1. The van der Waals surface area contributed by atoms with Crippen LogP contribution < -0.4 is 0 Å². The predicted octanol–water partition coefficient (Wildman–Crippen LogP) is 3.17. The highest BCUT2D eigenvalue weighted by Crippen LogP contribution is 2.07. The van der Waals surface area contributed by atoms with Crippen molar-refractivity contribution in [2.75, 3.05) is 0 Å². The van der Waals surface area contributed by atoms with Gasteiger partial charge in [0.15, 0.2) is 0 Å². The Kier molecular flexibility index (Phi) is 7.70. The lowest BCUT2D eigenvalue weighted by Crippen LogP contribution is -1.93. The Morgan fingerprint density at radius 3 is 1.33 bits per heavy atom. The summed E-state index contributed by atoms with van der Waals surface area (Å²) in [6.07, 6.45) is 4.88. The van der Waals surface area contributed by atoms with Crippen LogP contribution in [0.15, 0.2) is 24.8 Å². The van der Waals surface area contributed by atoms with Crippen molar-refractivity contribution >= 4 is 0 Å². The summed E-state index contributed by atoms with van der Waals surface area (Å²) >= 11 is 0. The lowest BCUT2D eigenvalue weighted by atomic mass is 10.0. The summed E-state index contributed by atoms with van der Waals surface area (Å²) in [5, 5.41) is 0. The zero-order chi connectivity index (χ0) is 8.74. The normalized spacial score (nSPS) is 9.00. The molecule has 0 saturated carbocycles. The summed E-state index contributed by atoms with van der Waals surface area (Å²) < 4.78 is 0. The Morgan fingerprint density at radius 2 is 1.25 bits per heavy atom. The smallest absolute Gasteiger partial charge is 0.115 e. The fraction of sp³-hybridized carbons (Fsp3) is 0.600. The second kappa shape index (κ2) is 6.77. The molecule has 0 fully saturated rings. The number of hydrogen-bond acceptors (Lipinski definition) is 2. The van der Waals surface area contributed by atoms with E-state index < -0.39 is 0 Å². The Bertz CT molecular complexity index is 132. The molecule has 0 unspecified atom stereocenters. The zero-order valence-corrected chi connectivity index (χ0v) is 7.70. The van der Waals surface area contributed by atoms with E-state index in [0.29, 0.717) is 5.41 Å². The highest BCUT2D eigenvalue weighted by Gasteiger charge is 1.95. The first-order valence-electron chi connectivity index (χ1n) is 3.70. The summed E-state index contributed by atoms with van der Waals surface area (Å²) in [7, 11) is 0. The van der Waals surface area contributed by atoms with Crippen molar-refractivity contribution in [1.82, 2.24) is 9.97 Å². The Morgan fingerprint density at radius 1 is 0.917 bits per heavy atom. The van der Waals surface area contributed by atoms with Crippen LogP contribution in [0.4, 0.5) is 0 Å². The summed E-state index contributed by atoms with van der Waals surface area (Å²) in [6, 6.07) is 1.78. The topological polar surface area (TPSA) is 25.8 Å². The molecule has 0 bridgehead atoms. The number of aromatic nitrogens is 2. The van der Waals surface area contributed by atoms with Gasteiger partial charge in [-0.2, -0.15) is 0 Å². The molecular weight excluding hydrogens is 148 g/mol. The average molecular weight is 168 g/mol. The fourth-order valence-corrected chi connectivity index (χ4v) is 0.253. The minimum absolute atomic E-state index is 0. The van der Waals surface area contributed by atoms with Gasteiger partial charge in [-0.3, -0.25) is 0 Å². The Balaban J connectivity index is 0. The van der Waals surface area contributed by atoms with E-state index in [9.17, 15) is 0 Å². The molecule has 12 heavy (non-hydrogen) atoms. The van der Waals surface area contributed by atoms with Gasteiger partial charge in [0, 0.05) is 12.4 Å². The lowest BCUT2D eigenvalue weighted by molar-refractivity contribution is 0.469. The molecule has 0 aliphatic heterocycles. The van der Waals surface area contributed by atoms with Crippen LogP contribution in [0.3, 0.4) is 0 Å². The van der Waals surface area contributed by atoms with E-state index in [-0.39, 0.29) is 7.43 Å². The molecule has 0 radical (unpaired) electrons. The van der Waals surface area contributed by atoms with Crippen LogP contribution in [-0.2, 0) is 0 Å². The maximum Gasteiger partial charge on any atom is 0.115 e. The van der Waals surface area contributed by atoms with Crippen molar-refractivity contribution in [3.63, 3.8) is 0 Å². The largest absolute Gasteiger partial charge is 0.245 e. The van der Waals surface area contributed by atoms with Crippen molar-refractivity contribution in [2.45, 2.75) is 35.1 Å². The molecule has 1 rings (SSSR count). The van der Waals surface area contributed by atoms with Gasteiger partial charge in [0.25, 0.3) is 0 Å². The molecule has 0 atom stereocenters. The second-order valence-electron chi connectivity index (χ2n) is 3.90. The summed E-state index contributed by atoms with van der Waals surface area (Å²) in [4.78, 5) is 7.35. The molecule has 0 N–H and O–H groups in total. The monoisotopic (exact) mass is 168 g/mol. The van der Waals surface area contributed by atoms with E-state index in [1.54, 1.807) is 18.5 Å². The first-order chi connectivity index (χ1) is 5.00. The highest BCUT2D eigenvalue weighted by atomic mass is 14.8. The number of rotatable bonds is 0. The molecule has 2 heteroatoms. The van der Waals surface area contributed by atoms with E-state index in [4.69, 9.17) is 0 Å². The van der Waals surface area contributed by atoms with Crippen LogP contribution in [0.2, 0.25) is 0 Å². The van der Waals surface area contributed by atoms with Gasteiger partial charge in [0.2, 0.25) is 0 Å². The molecule has 70 valence electrons. The van der Waals surface area contributed by atoms with Crippen LogP contribution in [0.5, 0.6) is 0 Å². The van der Waals surface area contributed by atoms with Crippen molar-refractivity contribution in [3.8, 4) is 0 Å². The number of hydrogen-bond donors (Lipinski definition) is 0. The van der Waals surface area contributed by atoms with Crippen LogP contribution in [0.25, 0.3) is 0 Å². The minimum Gasteiger partial charge on any atom is -0.245 e. The Labute approximate surface area is 76.1 Å². The quantitative estimate of drug-likeness (QED) is 0.594. The van der Waals surface area contributed by atoms with Gasteiger partial charge >= 0.3 is 0 Å². The molecule has 0 aliphatic rings. The first-order valence-corrected chi connectivity index (χ1v) is 3.70. The first kappa shape index (κ1) is 13.7. The van der Waals surface area contributed by atoms with Crippen LogP contribution in [0, 0.1) is 5.41 Å². The summed E-state index contributed by atoms with van der Waals surface area (Å²) in [5.41, 5.74) is 0.500. The van der Waals surface area contributed by atoms with Gasteiger partial charge in [-0.05, 0) is 11.5 Å². The van der Waals surface area contributed by atoms with Crippen LogP contribution in [-0.4, -0.2) is 9.97 Å². The number of nitrogens with zero attached hydrogens (tertiary/aromatic N) is 2. The van der Waals surface area contributed by atoms with Gasteiger partial charge in [0.1, 0.15) is 6.33 Å². The molecule has 1 heterocycles. The molecule has 0 aliphatic carbocycles. The average Bonchev–Trinajstić information content (AvgIpc) is 1.88. The zero-order valence-electron chi connectivity index (χ0n) is 7.70. The minimum atomic E-state index is 0. The van der Waals surface area contributed by atoms with Crippen LogP contribution in [0.1, 0.15) is 35.1 Å². The van der Waals surface area contributed by atoms with Crippen molar-refractivity contribution in [1.29, 1.82) is 0 Å². The molecule has 0 saturated heterocycles. The highest BCUT2D eigenvalue weighted by molar-refractivity contribution is 4.74. The van der Waals surface area contributed by atoms with Gasteiger partial charge in [-0.25, -0.2) is 9.97 Å². The van der Waals surface area contributed by atoms with Gasteiger partial charge in [-0.15, -0.1) is 0 Å². The van der Waals surface area contributed by atoms with Gasteiger partial charge in [0.05, 0.1) is 0 Å². The lowest BCUT2D eigenvalue weighted by Gasteiger charge is -2.05. The predicted molar refractivity (Wildman–Crippen MR) is 53.9 cm³/mol. The molecule has 0 aromatic carbocycles. The molecule has 0 spiro atoms. The fourth-order valence-electron chi connectivity index (χ4n) is 0.253. The standard InChI is InChI=1S/C5H12.C4H4N2.CH4/c1-5(2,3)4;1-2-5-4-6-3-1;/h1-4H3;1-4H;1H4. The van der Waals surface area contributed by atoms with Crippen molar-refractivity contribution < 1.29 is 0 Å². The molecular formula is C10H20N2. The molecule has 1 aromatic heterocycles. The van der Waals surface area contributed by atoms with E-state index in [1.807, 2.05) is 0 Å². The third-order valence-electron chi connectivity index (χ3n) is 0.478. The van der Waals surface area contributed by atoms with E-state index in [0.717, 1.165) is 0 Å². The third kappa shape index (κ3) is 23.0. The van der Waals surface area contributed by atoms with Gasteiger partial charge < -0.3 is 0 Å².